The Bertz CT molecular complexity index is 330. The monoisotopic (exact) mass is 224 g/mol. The second kappa shape index (κ2) is 6.15. The van der Waals surface area contributed by atoms with Crippen LogP contribution in [0.1, 0.15) is 33.1 Å². The molecule has 0 aliphatic heterocycles. The van der Waals surface area contributed by atoms with Crippen LogP contribution in [-0.2, 0) is 0 Å². The molecular weight excluding hydrogens is 204 g/mol. The third-order valence-corrected chi connectivity index (χ3v) is 2.37. The highest BCUT2D eigenvalue weighted by atomic mass is 16.5. The molecule has 0 bridgehead atoms. The Morgan fingerprint density at radius 1 is 1.56 bits per heavy atom. The van der Waals surface area contributed by atoms with E-state index in [0.29, 0.717) is 17.6 Å². The normalized spacial score (nSPS) is 12.2. The molecule has 1 atom stereocenters. The molecule has 90 valence electrons. The molecule has 0 saturated heterocycles. The van der Waals surface area contributed by atoms with Crippen molar-refractivity contribution in [1.29, 1.82) is 0 Å². The first-order valence-electron chi connectivity index (χ1n) is 5.60. The minimum atomic E-state index is 0.256. The van der Waals surface area contributed by atoms with Crippen LogP contribution in [0.15, 0.2) is 6.20 Å². The first-order valence-corrected chi connectivity index (χ1v) is 5.60. The summed E-state index contributed by atoms with van der Waals surface area (Å²) in [5.74, 6) is 1.54. The molecule has 5 heteroatoms. The molecular formula is C11H20N4O. The average molecular weight is 224 g/mol. The number of hydrogen-bond acceptors (Lipinski definition) is 5. The van der Waals surface area contributed by atoms with Crippen molar-refractivity contribution < 1.29 is 4.74 Å². The van der Waals surface area contributed by atoms with E-state index in [0.717, 1.165) is 6.42 Å². The molecule has 0 aliphatic carbocycles. The zero-order valence-electron chi connectivity index (χ0n) is 10.2. The fraction of sp³-hybridized carbons (Fsp3) is 0.636. The average Bonchev–Trinajstić information content (AvgIpc) is 2.27. The maximum absolute atomic E-state index is 5.54. The van der Waals surface area contributed by atoms with E-state index in [9.17, 15) is 0 Å². The molecule has 1 aromatic heterocycles. The van der Waals surface area contributed by atoms with Gasteiger partial charge < -0.3 is 15.8 Å². The Balaban J connectivity index is 2.67. The fourth-order valence-electron chi connectivity index (χ4n) is 1.45. The summed E-state index contributed by atoms with van der Waals surface area (Å²) in [5.41, 5.74) is 5.54. The van der Waals surface area contributed by atoms with Gasteiger partial charge >= 0.3 is 0 Å². The maximum atomic E-state index is 5.54. The highest BCUT2D eigenvalue weighted by Gasteiger charge is 2.09. The van der Waals surface area contributed by atoms with Crippen LogP contribution in [-0.4, -0.2) is 23.1 Å². The minimum absolute atomic E-state index is 0.256. The molecule has 0 amide bonds. The van der Waals surface area contributed by atoms with E-state index in [4.69, 9.17) is 10.5 Å². The van der Waals surface area contributed by atoms with Crippen molar-refractivity contribution >= 4 is 11.8 Å². The molecule has 5 nitrogen and oxygen atoms in total. The number of methoxy groups -OCH3 is 1. The summed E-state index contributed by atoms with van der Waals surface area (Å²) in [6, 6.07) is 0.350. The number of ether oxygens (including phenoxy) is 1. The Labute approximate surface area is 96.4 Å². The Hall–Kier alpha value is -1.52. The van der Waals surface area contributed by atoms with Crippen molar-refractivity contribution in [3.05, 3.63) is 6.20 Å². The highest BCUT2D eigenvalue weighted by Crippen LogP contribution is 2.22. The van der Waals surface area contributed by atoms with Gasteiger partial charge in [-0.3, -0.25) is 0 Å². The van der Waals surface area contributed by atoms with E-state index >= 15 is 0 Å². The molecule has 16 heavy (non-hydrogen) atoms. The quantitative estimate of drug-likeness (QED) is 0.773. The summed E-state index contributed by atoms with van der Waals surface area (Å²) in [4.78, 5) is 8.00. The first kappa shape index (κ1) is 12.5. The molecule has 0 radical (unpaired) electrons. The Morgan fingerprint density at radius 2 is 2.31 bits per heavy atom. The molecule has 0 aliphatic rings. The summed E-state index contributed by atoms with van der Waals surface area (Å²) in [6.45, 7) is 4.30. The fourth-order valence-corrected chi connectivity index (χ4v) is 1.45. The lowest BCUT2D eigenvalue weighted by Gasteiger charge is -2.16. The van der Waals surface area contributed by atoms with Gasteiger partial charge in [-0.1, -0.05) is 19.8 Å². The second-order valence-electron chi connectivity index (χ2n) is 3.83. The second-order valence-corrected chi connectivity index (χ2v) is 3.83. The molecule has 0 fully saturated rings. The van der Waals surface area contributed by atoms with Gasteiger partial charge in [0.1, 0.15) is 0 Å². The van der Waals surface area contributed by atoms with E-state index in [-0.39, 0.29) is 5.95 Å². The van der Waals surface area contributed by atoms with Crippen molar-refractivity contribution in [2.45, 2.75) is 39.2 Å². The molecule has 0 unspecified atom stereocenters. The number of rotatable bonds is 6. The van der Waals surface area contributed by atoms with Gasteiger partial charge in [0.2, 0.25) is 5.95 Å². The lowest BCUT2D eigenvalue weighted by molar-refractivity contribution is 0.412. The lowest BCUT2D eigenvalue weighted by atomic mass is 10.1. The molecule has 0 saturated carbocycles. The first-order chi connectivity index (χ1) is 7.67. The van der Waals surface area contributed by atoms with E-state index in [1.807, 2.05) is 0 Å². The van der Waals surface area contributed by atoms with Gasteiger partial charge in [0.15, 0.2) is 11.6 Å². The standard InChI is InChI=1S/C11H20N4O/c1-4-5-6-8(2)14-10-9(16-3)7-13-11(12)15-10/h7-8H,4-6H2,1-3H3,(H3,12,13,14,15)/t8-/m0/s1. The van der Waals surface area contributed by atoms with Gasteiger partial charge in [0, 0.05) is 6.04 Å². The van der Waals surface area contributed by atoms with Crippen LogP contribution in [0.4, 0.5) is 11.8 Å². The maximum Gasteiger partial charge on any atom is 0.222 e. The topological polar surface area (TPSA) is 73.1 Å². The van der Waals surface area contributed by atoms with Gasteiger partial charge in [-0.2, -0.15) is 4.98 Å². The number of unbranched alkanes of at least 4 members (excludes halogenated alkanes) is 1. The van der Waals surface area contributed by atoms with Crippen LogP contribution >= 0.6 is 0 Å². The number of hydrogen-bond donors (Lipinski definition) is 2. The van der Waals surface area contributed by atoms with E-state index in [1.54, 1.807) is 13.3 Å². The summed E-state index contributed by atoms with van der Waals surface area (Å²) < 4.78 is 5.16. The largest absolute Gasteiger partial charge is 0.491 e. The van der Waals surface area contributed by atoms with Crippen molar-refractivity contribution in [3.63, 3.8) is 0 Å². The summed E-state index contributed by atoms with van der Waals surface area (Å²) >= 11 is 0. The zero-order chi connectivity index (χ0) is 12.0. The predicted octanol–water partition coefficient (Wildman–Crippen LogP) is 2.06. The van der Waals surface area contributed by atoms with Crippen molar-refractivity contribution in [2.75, 3.05) is 18.2 Å². The smallest absolute Gasteiger partial charge is 0.222 e. The SMILES string of the molecule is CCCC[C@H](C)Nc1nc(N)ncc1OC. The summed E-state index contributed by atoms with van der Waals surface area (Å²) in [7, 11) is 1.59. The molecule has 3 N–H and O–H groups in total. The van der Waals surface area contributed by atoms with Crippen LogP contribution in [0.3, 0.4) is 0 Å². The molecule has 0 aromatic carbocycles. The van der Waals surface area contributed by atoms with E-state index < -0.39 is 0 Å². The zero-order valence-corrected chi connectivity index (χ0v) is 10.2. The summed E-state index contributed by atoms with van der Waals surface area (Å²) in [5, 5.41) is 3.28. The number of nitrogens with zero attached hydrogens (tertiary/aromatic N) is 2. The number of nitrogens with one attached hydrogen (secondary N) is 1. The van der Waals surface area contributed by atoms with Crippen molar-refractivity contribution in [2.24, 2.45) is 0 Å². The summed E-state index contributed by atoms with van der Waals surface area (Å²) in [6.07, 6.45) is 5.06. The number of aromatic nitrogens is 2. The number of nitrogen functional groups attached to an aromatic ring is 1. The van der Waals surface area contributed by atoms with Gasteiger partial charge in [0.05, 0.1) is 13.3 Å². The van der Waals surface area contributed by atoms with Gasteiger partial charge in [-0.05, 0) is 13.3 Å². The molecule has 1 aromatic rings. The third kappa shape index (κ3) is 3.56. The number of anilines is 2. The molecule has 1 rings (SSSR count). The molecule has 1 heterocycles. The van der Waals surface area contributed by atoms with Crippen LogP contribution in [0.25, 0.3) is 0 Å². The van der Waals surface area contributed by atoms with Gasteiger partial charge in [-0.15, -0.1) is 0 Å². The van der Waals surface area contributed by atoms with Crippen molar-refractivity contribution in [1.82, 2.24) is 9.97 Å². The van der Waals surface area contributed by atoms with E-state index in [2.05, 4.69) is 29.1 Å². The molecule has 0 spiro atoms. The number of nitrogens with two attached hydrogens (primary N) is 1. The minimum Gasteiger partial charge on any atom is -0.491 e. The highest BCUT2D eigenvalue weighted by molar-refractivity contribution is 5.51. The van der Waals surface area contributed by atoms with Crippen molar-refractivity contribution in [3.8, 4) is 5.75 Å². The Kier molecular flexibility index (Phi) is 4.82. The van der Waals surface area contributed by atoms with Crippen LogP contribution in [0, 0.1) is 0 Å². The van der Waals surface area contributed by atoms with Crippen LogP contribution in [0.5, 0.6) is 5.75 Å². The van der Waals surface area contributed by atoms with Crippen LogP contribution in [0.2, 0.25) is 0 Å². The van der Waals surface area contributed by atoms with E-state index in [1.165, 1.54) is 12.8 Å². The lowest BCUT2D eigenvalue weighted by Crippen LogP contribution is -2.17. The van der Waals surface area contributed by atoms with Gasteiger partial charge in [-0.25, -0.2) is 4.98 Å². The third-order valence-electron chi connectivity index (χ3n) is 2.37. The Morgan fingerprint density at radius 3 is 2.94 bits per heavy atom. The van der Waals surface area contributed by atoms with Crippen LogP contribution < -0.4 is 15.8 Å². The predicted molar refractivity (Wildman–Crippen MR) is 65.6 cm³/mol. The van der Waals surface area contributed by atoms with Gasteiger partial charge in [0.25, 0.3) is 0 Å².